The third kappa shape index (κ3) is 3.26. The summed E-state index contributed by atoms with van der Waals surface area (Å²) >= 11 is 0. The van der Waals surface area contributed by atoms with E-state index in [-0.39, 0.29) is 5.91 Å². The lowest BCUT2D eigenvalue weighted by molar-refractivity contribution is 0.0624. The first-order valence-electron chi connectivity index (χ1n) is 7.97. The van der Waals surface area contributed by atoms with E-state index in [0.29, 0.717) is 17.2 Å². The lowest BCUT2D eigenvalue weighted by atomic mass is 9.82. The van der Waals surface area contributed by atoms with Gasteiger partial charge in [0.25, 0.3) is 5.91 Å². The molecule has 0 atom stereocenters. The number of nitrogens with zero attached hydrogens (tertiary/aromatic N) is 4. The maximum atomic E-state index is 12.5. The van der Waals surface area contributed by atoms with Crippen molar-refractivity contribution < 1.29 is 4.79 Å². The second kappa shape index (κ2) is 5.75. The molecule has 2 aliphatic heterocycles. The molecular formula is C15H25N5O. The van der Waals surface area contributed by atoms with Gasteiger partial charge >= 0.3 is 0 Å². The van der Waals surface area contributed by atoms with Crippen LogP contribution in [-0.4, -0.2) is 52.0 Å². The Morgan fingerprint density at radius 2 is 1.95 bits per heavy atom. The molecule has 2 saturated heterocycles. The highest BCUT2D eigenvalue weighted by atomic mass is 16.2. The first-order valence-corrected chi connectivity index (χ1v) is 7.97. The molecule has 2 aliphatic rings. The molecule has 1 aromatic heterocycles. The molecular weight excluding hydrogens is 266 g/mol. The Hall–Kier alpha value is -1.43. The van der Waals surface area contributed by atoms with Crippen molar-refractivity contribution in [2.24, 2.45) is 5.41 Å². The van der Waals surface area contributed by atoms with Gasteiger partial charge in [0, 0.05) is 13.1 Å². The summed E-state index contributed by atoms with van der Waals surface area (Å²) in [5.74, 6) is 0.0330. The van der Waals surface area contributed by atoms with Gasteiger partial charge in [0.15, 0.2) is 5.69 Å². The van der Waals surface area contributed by atoms with Crippen LogP contribution < -0.4 is 5.32 Å². The predicted molar refractivity (Wildman–Crippen MR) is 80.1 cm³/mol. The van der Waals surface area contributed by atoms with Crippen molar-refractivity contribution in [3.8, 4) is 0 Å². The van der Waals surface area contributed by atoms with Gasteiger partial charge in [-0.1, -0.05) is 19.1 Å². The monoisotopic (exact) mass is 291 g/mol. The Morgan fingerprint density at radius 1 is 1.29 bits per heavy atom. The fourth-order valence-corrected chi connectivity index (χ4v) is 3.10. The van der Waals surface area contributed by atoms with E-state index in [4.69, 9.17) is 0 Å². The fraction of sp³-hybridized carbons (Fsp3) is 0.800. The number of hydrogen-bond donors (Lipinski definition) is 1. The van der Waals surface area contributed by atoms with E-state index in [2.05, 4.69) is 29.5 Å². The number of rotatable bonds is 2. The van der Waals surface area contributed by atoms with Gasteiger partial charge in [-0.05, 0) is 44.2 Å². The molecule has 0 unspecified atom stereocenters. The molecule has 2 fully saturated rings. The topological polar surface area (TPSA) is 63.1 Å². The fourth-order valence-electron chi connectivity index (χ4n) is 3.10. The van der Waals surface area contributed by atoms with E-state index in [1.165, 1.54) is 0 Å². The Bertz CT molecular complexity index is 494. The molecule has 0 bridgehead atoms. The van der Waals surface area contributed by atoms with Gasteiger partial charge in [0.2, 0.25) is 0 Å². The molecule has 3 rings (SSSR count). The van der Waals surface area contributed by atoms with Crippen LogP contribution in [0.2, 0.25) is 0 Å². The Kier molecular flexibility index (Phi) is 3.97. The summed E-state index contributed by atoms with van der Waals surface area (Å²) in [6, 6.07) is 0.376. The molecule has 3 heterocycles. The highest BCUT2D eigenvalue weighted by Gasteiger charge is 2.29. The first-order chi connectivity index (χ1) is 10.1. The van der Waals surface area contributed by atoms with E-state index >= 15 is 0 Å². The number of hydrogen-bond acceptors (Lipinski definition) is 4. The minimum absolute atomic E-state index is 0.0330. The van der Waals surface area contributed by atoms with Crippen molar-refractivity contribution in [2.45, 2.75) is 45.6 Å². The van der Waals surface area contributed by atoms with Crippen molar-refractivity contribution in [3.05, 3.63) is 11.9 Å². The third-order valence-corrected chi connectivity index (χ3v) is 4.82. The van der Waals surface area contributed by atoms with E-state index < -0.39 is 0 Å². The Morgan fingerprint density at radius 3 is 2.62 bits per heavy atom. The minimum atomic E-state index is 0.0330. The number of carbonyl (C=O) groups is 1. The van der Waals surface area contributed by atoms with Crippen LogP contribution in [0.3, 0.4) is 0 Å². The number of nitrogens with one attached hydrogen (secondary N) is 1. The zero-order valence-electron chi connectivity index (χ0n) is 13.0. The van der Waals surface area contributed by atoms with Gasteiger partial charge in [-0.2, -0.15) is 0 Å². The van der Waals surface area contributed by atoms with E-state index in [1.807, 2.05) is 15.8 Å². The number of likely N-dealkylation sites (tertiary alicyclic amines) is 1. The zero-order valence-corrected chi connectivity index (χ0v) is 13.0. The summed E-state index contributed by atoms with van der Waals surface area (Å²) in [7, 11) is 0. The number of aromatic nitrogens is 3. The lowest BCUT2D eigenvalue weighted by Gasteiger charge is -2.36. The first kappa shape index (κ1) is 14.5. The molecule has 0 aliphatic carbocycles. The molecule has 1 aromatic rings. The second-order valence-corrected chi connectivity index (χ2v) is 7.02. The van der Waals surface area contributed by atoms with Crippen LogP contribution in [-0.2, 0) is 0 Å². The quantitative estimate of drug-likeness (QED) is 0.896. The summed E-state index contributed by atoms with van der Waals surface area (Å²) in [4.78, 5) is 14.4. The van der Waals surface area contributed by atoms with Crippen molar-refractivity contribution in [2.75, 3.05) is 26.2 Å². The van der Waals surface area contributed by atoms with Gasteiger partial charge in [0.1, 0.15) is 0 Å². The summed E-state index contributed by atoms with van der Waals surface area (Å²) < 4.78 is 1.88. The van der Waals surface area contributed by atoms with Gasteiger partial charge in [0.05, 0.1) is 12.2 Å². The Balaban J connectivity index is 1.64. The zero-order chi connectivity index (χ0) is 14.9. The number of piperidine rings is 2. The summed E-state index contributed by atoms with van der Waals surface area (Å²) in [5, 5.41) is 11.6. The molecule has 0 spiro atoms. The molecule has 6 heteroatoms. The number of carbonyl (C=O) groups excluding carboxylic acids is 1. The van der Waals surface area contributed by atoms with Gasteiger partial charge in [-0.3, -0.25) is 4.79 Å². The van der Waals surface area contributed by atoms with Crippen molar-refractivity contribution >= 4 is 5.91 Å². The van der Waals surface area contributed by atoms with Crippen molar-refractivity contribution in [3.63, 3.8) is 0 Å². The second-order valence-electron chi connectivity index (χ2n) is 7.02. The predicted octanol–water partition coefficient (Wildman–Crippen LogP) is 1.46. The molecule has 21 heavy (non-hydrogen) atoms. The van der Waals surface area contributed by atoms with Crippen LogP contribution in [0, 0.1) is 5.41 Å². The average Bonchev–Trinajstić information content (AvgIpc) is 2.97. The van der Waals surface area contributed by atoms with Crippen LogP contribution in [0.5, 0.6) is 0 Å². The molecule has 0 saturated carbocycles. The normalized spacial score (nSPS) is 23.2. The van der Waals surface area contributed by atoms with Crippen LogP contribution >= 0.6 is 0 Å². The standard InChI is InChI=1S/C15H25N5O/c1-15(2)5-9-19(10-6-15)14(21)13-11-20(18-17-13)12-3-7-16-8-4-12/h11-12,16H,3-10H2,1-2H3. The lowest BCUT2D eigenvalue weighted by Crippen LogP contribution is -2.41. The van der Waals surface area contributed by atoms with Gasteiger partial charge < -0.3 is 10.2 Å². The van der Waals surface area contributed by atoms with Crippen molar-refractivity contribution in [1.29, 1.82) is 0 Å². The summed E-state index contributed by atoms with van der Waals surface area (Å²) in [6.07, 6.45) is 6.05. The van der Waals surface area contributed by atoms with E-state index in [0.717, 1.165) is 51.9 Å². The highest BCUT2D eigenvalue weighted by Crippen LogP contribution is 2.30. The molecule has 1 amide bonds. The summed E-state index contributed by atoms with van der Waals surface area (Å²) in [6.45, 7) is 8.20. The SMILES string of the molecule is CC1(C)CCN(C(=O)c2cn(C3CCNCC3)nn2)CC1. The average molecular weight is 291 g/mol. The third-order valence-electron chi connectivity index (χ3n) is 4.82. The van der Waals surface area contributed by atoms with Gasteiger partial charge in [-0.15, -0.1) is 5.10 Å². The Labute approximate surface area is 125 Å². The highest BCUT2D eigenvalue weighted by molar-refractivity contribution is 5.92. The molecule has 6 nitrogen and oxygen atoms in total. The van der Waals surface area contributed by atoms with Gasteiger partial charge in [-0.25, -0.2) is 4.68 Å². The maximum absolute atomic E-state index is 12.5. The van der Waals surface area contributed by atoms with E-state index in [1.54, 1.807) is 0 Å². The summed E-state index contributed by atoms with van der Waals surface area (Å²) in [5.41, 5.74) is 0.844. The molecule has 0 radical (unpaired) electrons. The van der Waals surface area contributed by atoms with Crippen molar-refractivity contribution in [1.82, 2.24) is 25.2 Å². The van der Waals surface area contributed by atoms with Crippen LogP contribution in [0.25, 0.3) is 0 Å². The largest absolute Gasteiger partial charge is 0.337 e. The van der Waals surface area contributed by atoms with Crippen LogP contribution in [0.1, 0.15) is 56.1 Å². The smallest absolute Gasteiger partial charge is 0.276 e. The molecule has 1 N–H and O–H groups in total. The number of amides is 1. The van der Waals surface area contributed by atoms with Crippen LogP contribution in [0.15, 0.2) is 6.20 Å². The maximum Gasteiger partial charge on any atom is 0.276 e. The molecule has 116 valence electrons. The van der Waals surface area contributed by atoms with Crippen LogP contribution in [0.4, 0.5) is 0 Å². The van der Waals surface area contributed by atoms with E-state index in [9.17, 15) is 4.79 Å². The molecule has 0 aromatic carbocycles. The minimum Gasteiger partial charge on any atom is -0.337 e.